The lowest BCUT2D eigenvalue weighted by molar-refractivity contribution is -0.122. The molecule has 0 fully saturated rings. The average molecular weight is 254 g/mol. The van der Waals surface area contributed by atoms with Crippen LogP contribution in [-0.2, 0) is 22.6 Å². The number of carbonyl (C=O) groups excluding carboxylic acids is 1. The number of amides is 1. The second-order valence-corrected chi connectivity index (χ2v) is 3.85. The number of hydrogen-bond donors (Lipinski definition) is 2. The van der Waals surface area contributed by atoms with Crippen LogP contribution in [-0.4, -0.2) is 19.1 Å². The fourth-order valence-electron chi connectivity index (χ4n) is 1.45. The van der Waals surface area contributed by atoms with Gasteiger partial charge in [-0.25, -0.2) is 4.39 Å². The number of benzene rings is 1. The molecule has 0 aliphatic heterocycles. The van der Waals surface area contributed by atoms with Crippen LogP contribution in [0.15, 0.2) is 18.2 Å². The first-order valence-electron chi connectivity index (χ1n) is 5.99. The summed E-state index contributed by atoms with van der Waals surface area (Å²) in [5, 5.41) is 2.65. The van der Waals surface area contributed by atoms with Crippen molar-refractivity contribution in [3.8, 4) is 0 Å². The number of nitrogens with one attached hydrogen (secondary N) is 1. The predicted molar refractivity (Wildman–Crippen MR) is 67.2 cm³/mol. The number of ether oxygens (including phenoxy) is 1. The van der Waals surface area contributed by atoms with E-state index in [2.05, 4.69) is 5.32 Å². The van der Waals surface area contributed by atoms with E-state index in [0.717, 1.165) is 5.56 Å². The summed E-state index contributed by atoms with van der Waals surface area (Å²) in [4.78, 5) is 11.4. The van der Waals surface area contributed by atoms with Crippen molar-refractivity contribution in [2.24, 2.45) is 5.73 Å². The lowest BCUT2D eigenvalue weighted by Gasteiger charge is -2.07. The molecule has 0 spiro atoms. The van der Waals surface area contributed by atoms with Crippen molar-refractivity contribution in [2.75, 3.05) is 13.2 Å². The fourth-order valence-corrected chi connectivity index (χ4v) is 1.45. The van der Waals surface area contributed by atoms with E-state index in [4.69, 9.17) is 10.5 Å². The maximum atomic E-state index is 13.6. The smallest absolute Gasteiger partial charge is 0.222 e. The minimum absolute atomic E-state index is 0.147. The van der Waals surface area contributed by atoms with Gasteiger partial charge in [-0.3, -0.25) is 4.79 Å². The molecule has 18 heavy (non-hydrogen) atoms. The largest absolute Gasteiger partial charge is 0.381 e. The highest BCUT2D eigenvalue weighted by atomic mass is 19.1. The van der Waals surface area contributed by atoms with Crippen LogP contribution in [0.5, 0.6) is 0 Å². The molecule has 0 heterocycles. The topological polar surface area (TPSA) is 64.3 Å². The molecule has 1 aromatic rings. The van der Waals surface area contributed by atoms with E-state index in [1.165, 1.54) is 6.07 Å². The average Bonchev–Trinajstić information content (AvgIpc) is 2.37. The Morgan fingerprint density at radius 1 is 1.50 bits per heavy atom. The van der Waals surface area contributed by atoms with Gasteiger partial charge in [0.25, 0.3) is 0 Å². The van der Waals surface area contributed by atoms with Crippen molar-refractivity contribution < 1.29 is 13.9 Å². The van der Waals surface area contributed by atoms with Crippen molar-refractivity contribution in [3.05, 3.63) is 35.1 Å². The summed E-state index contributed by atoms with van der Waals surface area (Å²) in [6.45, 7) is 3.32. The van der Waals surface area contributed by atoms with Crippen LogP contribution < -0.4 is 11.1 Å². The third kappa shape index (κ3) is 4.81. The van der Waals surface area contributed by atoms with Crippen molar-refractivity contribution >= 4 is 5.91 Å². The van der Waals surface area contributed by atoms with Crippen molar-refractivity contribution in [2.45, 2.75) is 26.4 Å². The first-order chi connectivity index (χ1) is 8.67. The molecule has 5 heteroatoms. The molecule has 3 N–H and O–H groups in total. The molecule has 0 unspecified atom stereocenters. The van der Waals surface area contributed by atoms with Gasteiger partial charge in [0.15, 0.2) is 0 Å². The molecule has 100 valence electrons. The van der Waals surface area contributed by atoms with Crippen LogP contribution in [0.2, 0.25) is 0 Å². The Morgan fingerprint density at radius 2 is 2.28 bits per heavy atom. The summed E-state index contributed by atoms with van der Waals surface area (Å²) in [6.07, 6.45) is 0.288. The molecule has 0 aliphatic carbocycles. The normalized spacial score (nSPS) is 10.4. The molecular weight excluding hydrogens is 235 g/mol. The van der Waals surface area contributed by atoms with Crippen molar-refractivity contribution in [1.82, 2.24) is 5.32 Å². The van der Waals surface area contributed by atoms with Crippen LogP contribution in [0.4, 0.5) is 4.39 Å². The molecule has 0 saturated carbocycles. The maximum Gasteiger partial charge on any atom is 0.222 e. The van der Waals surface area contributed by atoms with Gasteiger partial charge in [-0.1, -0.05) is 12.1 Å². The van der Waals surface area contributed by atoms with Gasteiger partial charge in [0.1, 0.15) is 5.82 Å². The first kappa shape index (κ1) is 14.6. The Kier molecular flexibility index (Phi) is 6.32. The van der Waals surface area contributed by atoms with Crippen LogP contribution in [0.3, 0.4) is 0 Å². The first-order valence-corrected chi connectivity index (χ1v) is 5.99. The highest BCUT2D eigenvalue weighted by molar-refractivity contribution is 5.75. The van der Waals surface area contributed by atoms with Crippen LogP contribution >= 0.6 is 0 Å². The van der Waals surface area contributed by atoms with Gasteiger partial charge < -0.3 is 15.8 Å². The minimum Gasteiger partial charge on any atom is -0.381 e. The molecular formula is C13H19FN2O2. The molecule has 0 aromatic heterocycles. The molecule has 0 saturated heterocycles. The van der Waals surface area contributed by atoms with E-state index in [1.807, 2.05) is 6.92 Å². The van der Waals surface area contributed by atoms with E-state index in [1.54, 1.807) is 12.1 Å². The second kappa shape index (κ2) is 7.79. The van der Waals surface area contributed by atoms with Gasteiger partial charge in [-0.05, 0) is 18.6 Å². The van der Waals surface area contributed by atoms with E-state index < -0.39 is 0 Å². The number of hydrogen-bond acceptors (Lipinski definition) is 3. The van der Waals surface area contributed by atoms with Crippen LogP contribution in [0.1, 0.15) is 24.5 Å². The molecule has 1 aromatic carbocycles. The SMILES string of the molecule is CCOCCC(=O)NCc1ccc(CN)cc1F. The molecule has 0 bridgehead atoms. The van der Waals surface area contributed by atoms with Gasteiger partial charge in [-0.15, -0.1) is 0 Å². The number of nitrogens with two attached hydrogens (primary N) is 1. The molecule has 0 radical (unpaired) electrons. The third-order valence-corrected chi connectivity index (χ3v) is 2.51. The molecule has 0 atom stereocenters. The third-order valence-electron chi connectivity index (χ3n) is 2.51. The highest BCUT2D eigenvalue weighted by Crippen LogP contribution is 2.09. The van der Waals surface area contributed by atoms with Gasteiger partial charge in [0, 0.05) is 31.7 Å². The van der Waals surface area contributed by atoms with Gasteiger partial charge in [0.05, 0.1) is 6.61 Å². The van der Waals surface area contributed by atoms with E-state index >= 15 is 0 Å². The fraction of sp³-hybridized carbons (Fsp3) is 0.462. The minimum atomic E-state index is -0.344. The molecule has 1 amide bonds. The van der Waals surface area contributed by atoms with Gasteiger partial charge in [0.2, 0.25) is 5.91 Å². The Bertz CT molecular complexity index is 397. The molecule has 0 aliphatic rings. The quantitative estimate of drug-likeness (QED) is 0.721. The van der Waals surface area contributed by atoms with Crippen molar-refractivity contribution in [1.29, 1.82) is 0 Å². The lowest BCUT2D eigenvalue weighted by atomic mass is 10.1. The molecule has 4 nitrogen and oxygen atoms in total. The highest BCUT2D eigenvalue weighted by Gasteiger charge is 2.05. The number of rotatable bonds is 7. The van der Waals surface area contributed by atoms with E-state index in [0.29, 0.717) is 25.3 Å². The van der Waals surface area contributed by atoms with E-state index in [-0.39, 0.29) is 24.7 Å². The summed E-state index contributed by atoms with van der Waals surface area (Å²) in [5.41, 5.74) is 6.60. The van der Waals surface area contributed by atoms with Crippen LogP contribution in [0, 0.1) is 5.82 Å². The maximum absolute atomic E-state index is 13.6. The van der Waals surface area contributed by atoms with Crippen molar-refractivity contribution in [3.63, 3.8) is 0 Å². The summed E-state index contributed by atoms with van der Waals surface area (Å²) >= 11 is 0. The summed E-state index contributed by atoms with van der Waals surface area (Å²) in [5.74, 6) is -0.492. The zero-order chi connectivity index (χ0) is 13.4. The zero-order valence-electron chi connectivity index (χ0n) is 10.5. The Balaban J connectivity index is 2.41. The molecule has 1 rings (SSSR count). The predicted octanol–water partition coefficient (Wildman–Crippen LogP) is 1.33. The number of halogens is 1. The second-order valence-electron chi connectivity index (χ2n) is 3.85. The standard InChI is InChI=1S/C13H19FN2O2/c1-2-18-6-5-13(17)16-9-11-4-3-10(8-15)7-12(11)14/h3-4,7H,2,5-6,8-9,15H2,1H3,(H,16,17). The summed E-state index contributed by atoms with van der Waals surface area (Å²) in [6, 6.07) is 4.78. The Labute approximate surface area is 106 Å². The Morgan fingerprint density at radius 3 is 2.89 bits per heavy atom. The van der Waals surface area contributed by atoms with E-state index in [9.17, 15) is 9.18 Å². The summed E-state index contributed by atoms with van der Waals surface area (Å²) in [7, 11) is 0. The van der Waals surface area contributed by atoms with Gasteiger partial charge >= 0.3 is 0 Å². The summed E-state index contributed by atoms with van der Waals surface area (Å²) < 4.78 is 18.6. The monoisotopic (exact) mass is 254 g/mol. The zero-order valence-corrected chi connectivity index (χ0v) is 10.5. The van der Waals surface area contributed by atoms with Gasteiger partial charge in [-0.2, -0.15) is 0 Å². The van der Waals surface area contributed by atoms with Crippen LogP contribution in [0.25, 0.3) is 0 Å². The lowest BCUT2D eigenvalue weighted by Crippen LogP contribution is -2.24. The number of carbonyl (C=O) groups is 1. The Hall–Kier alpha value is -1.46.